The predicted octanol–water partition coefficient (Wildman–Crippen LogP) is 2.85. The Bertz CT molecular complexity index is 380. The van der Waals surface area contributed by atoms with Crippen molar-refractivity contribution in [3.63, 3.8) is 0 Å². The van der Waals surface area contributed by atoms with E-state index in [2.05, 4.69) is 0 Å². The van der Waals surface area contributed by atoms with Crippen molar-refractivity contribution in [3.05, 3.63) is 34.3 Å². The molecule has 5 heteroatoms. The number of ether oxygens (including phenoxy) is 2. The van der Waals surface area contributed by atoms with E-state index in [0.717, 1.165) is 5.56 Å². The Morgan fingerprint density at radius 2 is 2.25 bits per heavy atom. The molecule has 0 aliphatic heterocycles. The van der Waals surface area contributed by atoms with Gasteiger partial charge in [-0.3, -0.25) is 0 Å². The second-order valence-corrected chi connectivity index (χ2v) is 3.73. The van der Waals surface area contributed by atoms with Gasteiger partial charge in [-0.2, -0.15) is 0 Å². The molecule has 0 aliphatic carbocycles. The van der Waals surface area contributed by atoms with Crippen LogP contribution in [-0.4, -0.2) is 13.7 Å². The van der Waals surface area contributed by atoms with Gasteiger partial charge < -0.3 is 15.2 Å². The van der Waals surface area contributed by atoms with Crippen LogP contribution >= 0.6 is 23.2 Å². The van der Waals surface area contributed by atoms with Crippen LogP contribution in [0.25, 0.3) is 0 Å². The van der Waals surface area contributed by atoms with E-state index < -0.39 is 0 Å². The van der Waals surface area contributed by atoms with Crippen LogP contribution in [0.5, 0.6) is 11.5 Å². The number of hydrogen-bond acceptors (Lipinski definition) is 3. The molecule has 0 spiro atoms. The number of hydrogen-bond donors (Lipinski definition) is 1. The van der Waals surface area contributed by atoms with Gasteiger partial charge in [0.15, 0.2) is 0 Å². The molecule has 0 aromatic heterocycles. The van der Waals surface area contributed by atoms with Crippen LogP contribution in [0.3, 0.4) is 0 Å². The lowest BCUT2D eigenvalue weighted by atomic mass is 10.2. The number of rotatable bonds is 5. The van der Waals surface area contributed by atoms with Crippen LogP contribution in [0.1, 0.15) is 5.56 Å². The highest BCUT2D eigenvalue weighted by Gasteiger charge is 2.05. The average Bonchev–Trinajstić information content (AvgIpc) is 2.35. The minimum atomic E-state index is 0.214. The molecule has 0 heterocycles. The first-order valence-corrected chi connectivity index (χ1v) is 5.47. The maximum absolute atomic E-state index is 5.73. The summed E-state index contributed by atoms with van der Waals surface area (Å²) in [6.07, 6.45) is 0. The fraction of sp³-hybridized carbons (Fsp3) is 0.273. The van der Waals surface area contributed by atoms with Crippen LogP contribution < -0.4 is 15.2 Å². The predicted molar refractivity (Wildman–Crippen MR) is 66.2 cm³/mol. The van der Waals surface area contributed by atoms with Crippen molar-refractivity contribution in [2.75, 3.05) is 13.7 Å². The van der Waals surface area contributed by atoms with Gasteiger partial charge in [-0.15, -0.1) is 0 Å². The second-order valence-electron chi connectivity index (χ2n) is 3.02. The van der Waals surface area contributed by atoms with Crippen molar-refractivity contribution in [2.45, 2.75) is 6.54 Å². The van der Waals surface area contributed by atoms with E-state index in [1.54, 1.807) is 13.2 Å². The molecule has 0 saturated carbocycles. The summed E-state index contributed by atoms with van der Waals surface area (Å²) >= 11 is 11.2. The van der Waals surface area contributed by atoms with E-state index in [-0.39, 0.29) is 6.61 Å². The van der Waals surface area contributed by atoms with Gasteiger partial charge in [-0.05, 0) is 6.07 Å². The molecular formula is C11H13Cl2NO2. The van der Waals surface area contributed by atoms with E-state index >= 15 is 0 Å². The Morgan fingerprint density at radius 3 is 2.81 bits per heavy atom. The Morgan fingerprint density at radius 1 is 1.50 bits per heavy atom. The highest BCUT2D eigenvalue weighted by Crippen LogP contribution is 2.25. The van der Waals surface area contributed by atoms with Crippen LogP contribution in [0, 0.1) is 0 Å². The molecule has 88 valence electrons. The minimum Gasteiger partial charge on any atom is -0.497 e. The second kappa shape index (κ2) is 6.63. The first kappa shape index (κ1) is 13.2. The molecule has 2 N–H and O–H groups in total. The van der Waals surface area contributed by atoms with Crippen LogP contribution in [0.4, 0.5) is 0 Å². The molecule has 0 atom stereocenters. The van der Waals surface area contributed by atoms with Gasteiger partial charge in [0.05, 0.1) is 12.1 Å². The van der Waals surface area contributed by atoms with Gasteiger partial charge in [0.1, 0.15) is 18.1 Å². The van der Waals surface area contributed by atoms with Gasteiger partial charge in [0.25, 0.3) is 0 Å². The molecule has 0 amide bonds. The van der Waals surface area contributed by atoms with Crippen molar-refractivity contribution in [2.24, 2.45) is 5.73 Å². The summed E-state index contributed by atoms with van der Waals surface area (Å²) in [4.78, 5) is 0. The van der Waals surface area contributed by atoms with Crippen molar-refractivity contribution < 1.29 is 9.47 Å². The summed E-state index contributed by atoms with van der Waals surface area (Å²) in [7, 11) is 1.59. The van der Waals surface area contributed by atoms with Crippen LogP contribution in [-0.2, 0) is 6.54 Å². The molecule has 0 bridgehead atoms. The van der Waals surface area contributed by atoms with Crippen LogP contribution in [0.15, 0.2) is 28.8 Å². The quantitative estimate of drug-likeness (QED) is 0.887. The molecule has 16 heavy (non-hydrogen) atoms. The van der Waals surface area contributed by atoms with Gasteiger partial charge >= 0.3 is 0 Å². The lowest BCUT2D eigenvalue weighted by molar-refractivity contribution is 0.350. The molecule has 0 radical (unpaired) electrons. The Labute approximate surface area is 105 Å². The monoisotopic (exact) mass is 261 g/mol. The molecular weight excluding hydrogens is 249 g/mol. The van der Waals surface area contributed by atoms with Crippen molar-refractivity contribution in [3.8, 4) is 11.5 Å². The zero-order chi connectivity index (χ0) is 12.0. The van der Waals surface area contributed by atoms with Gasteiger partial charge in [-0.25, -0.2) is 0 Å². The average molecular weight is 262 g/mol. The zero-order valence-corrected chi connectivity index (χ0v) is 10.4. The number of nitrogens with two attached hydrogens (primary N) is 1. The molecule has 0 unspecified atom stereocenters. The standard InChI is InChI=1S/C11H13Cl2NO2/c1-15-10-3-2-8(6-14)11(4-10)16-7-9(13)5-12/h2-5H,6-7,14H2,1H3. The number of benzene rings is 1. The SMILES string of the molecule is COc1ccc(CN)c(OCC(Cl)=CCl)c1. The fourth-order valence-corrected chi connectivity index (χ4v) is 1.26. The summed E-state index contributed by atoms with van der Waals surface area (Å²) in [6.45, 7) is 0.604. The lowest BCUT2D eigenvalue weighted by Crippen LogP contribution is -2.04. The van der Waals surface area contributed by atoms with Gasteiger partial charge in [0, 0.05) is 23.7 Å². The summed E-state index contributed by atoms with van der Waals surface area (Å²) in [6, 6.07) is 5.45. The molecule has 1 aromatic rings. The van der Waals surface area contributed by atoms with Crippen molar-refractivity contribution >= 4 is 23.2 Å². The van der Waals surface area contributed by atoms with E-state index in [1.165, 1.54) is 5.54 Å². The Kier molecular flexibility index (Phi) is 5.46. The Hall–Kier alpha value is -0.900. The summed E-state index contributed by atoms with van der Waals surface area (Å²) in [5.74, 6) is 1.36. The molecule has 1 rings (SSSR count). The van der Waals surface area contributed by atoms with E-state index in [1.807, 2.05) is 12.1 Å². The smallest absolute Gasteiger partial charge is 0.128 e. The van der Waals surface area contributed by atoms with Gasteiger partial charge in [0.2, 0.25) is 0 Å². The Balaban J connectivity index is 2.83. The third-order valence-electron chi connectivity index (χ3n) is 1.98. The molecule has 1 aromatic carbocycles. The molecule has 0 aliphatic rings. The van der Waals surface area contributed by atoms with Gasteiger partial charge in [-0.1, -0.05) is 29.3 Å². The summed E-state index contributed by atoms with van der Waals surface area (Å²) < 4.78 is 10.6. The third kappa shape index (κ3) is 3.59. The van der Waals surface area contributed by atoms with Crippen molar-refractivity contribution in [1.29, 1.82) is 0 Å². The minimum absolute atomic E-state index is 0.214. The first-order chi connectivity index (χ1) is 7.71. The van der Waals surface area contributed by atoms with E-state index in [0.29, 0.717) is 23.1 Å². The molecule has 0 fully saturated rings. The molecule has 0 saturated heterocycles. The fourth-order valence-electron chi connectivity index (χ4n) is 1.14. The van der Waals surface area contributed by atoms with Crippen molar-refractivity contribution in [1.82, 2.24) is 0 Å². The number of methoxy groups -OCH3 is 1. The van der Waals surface area contributed by atoms with Crippen LogP contribution in [0.2, 0.25) is 0 Å². The summed E-state index contributed by atoms with van der Waals surface area (Å²) in [5.41, 5.74) is 7.74. The van der Waals surface area contributed by atoms with E-state index in [9.17, 15) is 0 Å². The molecule has 3 nitrogen and oxygen atoms in total. The lowest BCUT2D eigenvalue weighted by Gasteiger charge is -2.11. The largest absolute Gasteiger partial charge is 0.497 e. The van der Waals surface area contributed by atoms with E-state index in [4.69, 9.17) is 38.4 Å². The zero-order valence-electron chi connectivity index (χ0n) is 8.87. The normalized spacial score (nSPS) is 11.4. The highest BCUT2D eigenvalue weighted by molar-refractivity contribution is 6.36. The maximum atomic E-state index is 5.73. The summed E-state index contributed by atoms with van der Waals surface area (Å²) in [5, 5.41) is 0.424. The third-order valence-corrected chi connectivity index (χ3v) is 2.57. The highest BCUT2D eigenvalue weighted by atomic mass is 35.5. The topological polar surface area (TPSA) is 44.5 Å². The number of halogens is 2. The maximum Gasteiger partial charge on any atom is 0.128 e. The first-order valence-electron chi connectivity index (χ1n) is 4.65.